The second-order valence-electron chi connectivity index (χ2n) is 5.23. The van der Waals surface area contributed by atoms with Crippen molar-refractivity contribution in [3.05, 3.63) is 0 Å². The summed E-state index contributed by atoms with van der Waals surface area (Å²) in [5.41, 5.74) is -0.334. The SMILES string of the molecule is CC(C)CC1C2CCC#CCCC21O. The minimum Gasteiger partial charge on any atom is -0.389 e. The molecule has 0 bridgehead atoms. The predicted molar refractivity (Wildman–Crippen MR) is 57.6 cm³/mol. The van der Waals surface area contributed by atoms with Crippen molar-refractivity contribution in [2.45, 2.75) is 51.6 Å². The summed E-state index contributed by atoms with van der Waals surface area (Å²) < 4.78 is 0. The van der Waals surface area contributed by atoms with Gasteiger partial charge >= 0.3 is 0 Å². The van der Waals surface area contributed by atoms with Gasteiger partial charge in [-0.3, -0.25) is 0 Å². The average Bonchev–Trinajstić information content (AvgIpc) is 2.56. The molecule has 1 N–H and O–H groups in total. The first kappa shape index (κ1) is 10.1. The molecule has 2 aliphatic rings. The Morgan fingerprint density at radius 1 is 1.36 bits per heavy atom. The zero-order valence-electron chi connectivity index (χ0n) is 9.21. The molecule has 1 nitrogen and oxygen atoms in total. The highest BCUT2D eigenvalue weighted by atomic mass is 16.3. The molecule has 0 aliphatic heterocycles. The molecular weight excluding hydrogens is 172 g/mol. The highest BCUT2D eigenvalue weighted by molar-refractivity contribution is 5.16. The minimum absolute atomic E-state index is 0.334. The van der Waals surface area contributed by atoms with Gasteiger partial charge in [-0.2, -0.15) is 0 Å². The van der Waals surface area contributed by atoms with E-state index in [9.17, 15) is 5.11 Å². The van der Waals surface area contributed by atoms with Crippen LogP contribution >= 0.6 is 0 Å². The topological polar surface area (TPSA) is 20.2 Å². The van der Waals surface area contributed by atoms with E-state index < -0.39 is 0 Å². The number of hydrogen-bond acceptors (Lipinski definition) is 1. The van der Waals surface area contributed by atoms with E-state index in [4.69, 9.17) is 0 Å². The third-order valence-corrected chi connectivity index (χ3v) is 3.74. The lowest BCUT2D eigenvalue weighted by Crippen LogP contribution is -2.14. The molecule has 0 heterocycles. The van der Waals surface area contributed by atoms with Crippen LogP contribution in [0.25, 0.3) is 0 Å². The molecule has 0 aromatic heterocycles. The van der Waals surface area contributed by atoms with Crippen molar-refractivity contribution < 1.29 is 5.11 Å². The molecule has 2 aliphatic carbocycles. The standard InChI is InChI=1S/C13H20O/c1-10(2)9-12-11-7-5-3-4-6-8-13(11,12)14/h10-12,14H,5-9H2,1-2H3. The van der Waals surface area contributed by atoms with E-state index in [-0.39, 0.29) is 5.60 Å². The maximum atomic E-state index is 10.4. The zero-order valence-corrected chi connectivity index (χ0v) is 9.21. The third-order valence-electron chi connectivity index (χ3n) is 3.74. The summed E-state index contributed by atoms with van der Waals surface area (Å²) in [5, 5.41) is 10.4. The lowest BCUT2D eigenvalue weighted by molar-refractivity contribution is 0.104. The van der Waals surface area contributed by atoms with Gasteiger partial charge in [-0.15, -0.1) is 11.8 Å². The zero-order chi connectivity index (χ0) is 10.2. The fourth-order valence-corrected chi connectivity index (χ4v) is 2.95. The van der Waals surface area contributed by atoms with E-state index in [2.05, 4.69) is 25.7 Å². The molecule has 0 spiro atoms. The lowest BCUT2D eigenvalue weighted by atomic mass is 10.0. The van der Waals surface area contributed by atoms with Gasteiger partial charge in [-0.25, -0.2) is 0 Å². The molecule has 2 rings (SSSR count). The van der Waals surface area contributed by atoms with Crippen LogP contribution in [0.15, 0.2) is 0 Å². The molecule has 0 amide bonds. The summed E-state index contributed by atoms with van der Waals surface area (Å²) in [6.07, 6.45) is 5.08. The lowest BCUT2D eigenvalue weighted by Gasteiger charge is -2.10. The number of fused-ring (bicyclic) bond motifs is 1. The molecule has 0 aromatic rings. The molecule has 78 valence electrons. The molecule has 0 saturated heterocycles. The van der Waals surface area contributed by atoms with Gasteiger partial charge in [0, 0.05) is 12.8 Å². The van der Waals surface area contributed by atoms with Crippen molar-refractivity contribution in [2.24, 2.45) is 17.8 Å². The van der Waals surface area contributed by atoms with E-state index in [1.54, 1.807) is 0 Å². The van der Waals surface area contributed by atoms with E-state index in [0.717, 1.165) is 25.7 Å². The Balaban J connectivity index is 1.99. The molecule has 0 radical (unpaired) electrons. The van der Waals surface area contributed by atoms with E-state index in [1.165, 1.54) is 6.42 Å². The normalized spacial score (nSPS) is 40.6. The molecule has 14 heavy (non-hydrogen) atoms. The molecule has 1 heteroatoms. The highest BCUT2D eigenvalue weighted by Gasteiger charge is 2.61. The second kappa shape index (κ2) is 3.59. The second-order valence-corrected chi connectivity index (χ2v) is 5.23. The van der Waals surface area contributed by atoms with E-state index >= 15 is 0 Å². The Morgan fingerprint density at radius 2 is 2.07 bits per heavy atom. The maximum Gasteiger partial charge on any atom is 0.0720 e. The Labute approximate surface area is 86.9 Å². The average molecular weight is 192 g/mol. The van der Waals surface area contributed by atoms with Crippen LogP contribution in [0.3, 0.4) is 0 Å². The summed E-state index contributed by atoms with van der Waals surface area (Å²) in [5.74, 6) is 8.13. The van der Waals surface area contributed by atoms with Crippen LogP contribution in [-0.2, 0) is 0 Å². The van der Waals surface area contributed by atoms with Crippen molar-refractivity contribution in [2.75, 3.05) is 0 Å². The largest absolute Gasteiger partial charge is 0.389 e. The van der Waals surface area contributed by atoms with Gasteiger partial charge in [0.1, 0.15) is 0 Å². The van der Waals surface area contributed by atoms with Crippen molar-refractivity contribution in [1.82, 2.24) is 0 Å². The van der Waals surface area contributed by atoms with Crippen molar-refractivity contribution >= 4 is 0 Å². The van der Waals surface area contributed by atoms with Crippen LogP contribution in [-0.4, -0.2) is 10.7 Å². The quantitative estimate of drug-likeness (QED) is 0.667. The third kappa shape index (κ3) is 1.68. The molecule has 1 saturated carbocycles. The van der Waals surface area contributed by atoms with Crippen molar-refractivity contribution in [1.29, 1.82) is 0 Å². The van der Waals surface area contributed by atoms with Crippen LogP contribution < -0.4 is 0 Å². The summed E-state index contributed by atoms with van der Waals surface area (Å²) in [6.45, 7) is 4.48. The molecule has 0 aromatic carbocycles. The van der Waals surface area contributed by atoms with Gasteiger partial charge in [-0.1, -0.05) is 13.8 Å². The van der Waals surface area contributed by atoms with Gasteiger partial charge in [0.15, 0.2) is 0 Å². The van der Waals surface area contributed by atoms with Gasteiger partial charge in [0.2, 0.25) is 0 Å². The van der Waals surface area contributed by atoms with Gasteiger partial charge < -0.3 is 5.11 Å². The van der Waals surface area contributed by atoms with E-state index in [0.29, 0.717) is 17.8 Å². The van der Waals surface area contributed by atoms with E-state index in [1.807, 2.05) is 0 Å². The Morgan fingerprint density at radius 3 is 2.79 bits per heavy atom. The number of hydrogen-bond donors (Lipinski definition) is 1. The van der Waals surface area contributed by atoms with Crippen LogP contribution in [0.4, 0.5) is 0 Å². The van der Waals surface area contributed by atoms with Crippen LogP contribution in [0.2, 0.25) is 0 Å². The summed E-state index contributed by atoms with van der Waals surface area (Å²) in [6, 6.07) is 0. The Kier molecular flexibility index (Phi) is 2.58. The first-order valence-corrected chi connectivity index (χ1v) is 5.82. The van der Waals surface area contributed by atoms with Gasteiger partial charge in [0.25, 0.3) is 0 Å². The predicted octanol–water partition coefficient (Wildman–Crippen LogP) is 2.59. The highest BCUT2D eigenvalue weighted by Crippen LogP contribution is 2.58. The Bertz CT molecular complexity index is 271. The number of aliphatic hydroxyl groups is 1. The molecule has 3 unspecified atom stereocenters. The maximum absolute atomic E-state index is 10.4. The van der Waals surface area contributed by atoms with Gasteiger partial charge in [0.05, 0.1) is 5.60 Å². The first-order valence-electron chi connectivity index (χ1n) is 5.82. The monoisotopic (exact) mass is 192 g/mol. The summed E-state index contributed by atoms with van der Waals surface area (Å²) in [4.78, 5) is 0. The fourth-order valence-electron chi connectivity index (χ4n) is 2.95. The summed E-state index contributed by atoms with van der Waals surface area (Å²) >= 11 is 0. The fraction of sp³-hybridized carbons (Fsp3) is 0.846. The summed E-state index contributed by atoms with van der Waals surface area (Å²) in [7, 11) is 0. The molecular formula is C13H20O. The molecule has 1 fully saturated rings. The van der Waals surface area contributed by atoms with Gasteiger partial charge in [-0.05, 0) is 37.0 Å². The minimum atomic E-state index is -0.334. The van der Waals surface area contributed by atoms with Crippen molar-refractivity contribution in [3.8, 4) is 11.8 Å². The molecule has 3 atom stereocenters. The van der Waals surface area contributed by atoms with Crippen LogP contribution in [0, 0.1) is 29.6 Å². The Hall–Kier alpha value is -0.480. The van der Waals surface area contributed by atoms with Crippen LogP contribution in [0.5, 0.6) is 0 Å². The van der Waals surface area contributed by atoms with Crippen LogP contribution in [0.1, 0.15) is 46.0 Å². The smallest absolute Gasteiger partial charge is 0.0720 e. The first-order chi connectivity index (χ1) is 6.64. The van der Waals surface area contributed by atoms with Crippen molar-refractivity contribution in [3.63, 3.8) is 0 Å². The number of rotatable bonds is 2.